The molecular formula is C18H21F3N2O4. The van der Waals surface area contributed by atoms with E-state index < -0.39 is 23.6 Å². The first-order valence-corrected chi connectivity index (χ1v) is 8.54. The van der Waals surface area contributed by atoms with Crippen molar-refractivity contribution < 1.29 is 32.7 Å². The Morgan fingerprint density at radius 3 is 2.22 bits per heavy atom. The summed E-state index contributed by atoms with van der Waals surface area (Å²) in [5.41, 5.74) is -0.922. The summed E-state index contributed by atoms with van der Waals surface area (Å²) in [5, 5.41) is 8.74. The van der Waals surface area contributed by atoms with Gasteiger partial charge in [-0.2, -0.15) is 13.2 Å². The van der Waals surface area contributed by atoms with E-state index in [-0.39, 0.29) is 56.4 Å². The van der Waals surface area contributed by atoms with E-state index in [1.165, 1.54) is 17.0 Å². The molecule has 0 spiro atoms. The second-order valence-electron chi connectivity index (χ2n) is 6.66. The third-order valence-electron chi connectivity index (χ3n) is 4.40. The summed E-state index contributed by atoms with van der Waals surface area (Å²) in [7, 11) is 0. The molecule has 2 rings (SSSR count). The molecule has 0 aromatic heterocycles. The van der Waals surface area contributed by atoms with Gasteiger partial charge in [0.1, 0.15) is 0 Å². The van der Waals surface area contributed by atoms with Crippen LogP contribution in [-0.2, 0) is 15.8 Å². The standard InChI is InChI=1S/C18H21F3N2O4/c1-12(10-16(25)26)9-15(24)22-5-7-23(8-6-22)17(27)13-3-2-4-14(11-13)18(19,20)21/h2-4,11-12H,5-10H2,1H3,(H,25,26). The molecule has 27 heavy (non-hydrogen) atoms. The number of hydrogen-bond acceptors (Lipinski definition) is 3. The van der Waals surface area contributed by atoms with E-state index in [2.05, 4.69) is 0 Å². The lowest BCUT2D eigenvalue weighted by Crippen LogP contribution is -2.50. The van der Waals surface area contributed by atoms with Gasteiger partial charge in [0.2, 0.25) is 5.91 Å². The van der Waals surface area contributed by atoms with Crippen LogP contribution in [-0.4, -0.2) is 58.9 Å². The summed E-state index contributed by atoms with van der Waals surface area (Å²) in [6.45, 7) is 2.65. The van der Waals surface area contributed by atoms with Crippen LogP contribution >= 0.6 is 0 Å². The Bertz CT molecular complexity index is 713. The molecule has 1 atom stereocenters. The number of benzene rings is 1. The molecule has 1 aromatic rings. The number of rotatable bonds is 5. The zero-order valence-electron chi connectivity index (χ0n) is 14.8. The maximum Gasteiger partial charge on any atom is 0.416 e. The second kappa shape index (κ2) is 8.41. The van der Waals surface area contributed by atoms with Crippen molar-refractivity contribution in [2.45, 2.75) is 25.9 Å². The first-order chi connectivity index (χ1) is 12.6. The molecule has 2 amide bonds. The highest BCUT2D eigenvalue weighted by molar-refractivity contribution is 5.94. The lowest BCUT2D eigenvalue weighted by molar-refractivity contribution is -0.139. The van der Waals surface area contributed by atoms with Gasteiger partial charge < -0.3 is 14.9 Å². The summed E-state index contributed by atoms with van der Waals surface area (Å²) in [5.74, 6) is -1.95. The number of halogens is 3. The minimum absolute atomic E-state index is 0.0420. The minimum Gasteiger partial charge on any atom is -0.481 e. The molecule has 9 heteroatoms. The Kier molecular flexibility index (Phi) is 6.45. The smallest absolute Gasteiger partial charge is 0.416 e. The highest BCUT2D eigenvalue weighted by Gasteiger charge is 2.32. The predicted molar refractivity (Wildman–Crippen MR) is 90.0 cm³/mol. The molecule has 1 aromatic carbocycles. The predicted octanol–water partition coefficient (Wildman–Crippen LogP) is 2.49. The van der Waals surface area contributed by atoms with Crippen molar-refractivity contribution in [2.24, 2.45) is 5.92 Å². The van der Waals surface area contributed by atoms with E-state index in [1.54, 1.807) is 11.8 Å². The summed E-state index contributed by atoms with van der Waals surface area (Å²) in [6, 6.07) is 4.27. The molecule has 6 nitrogen and oxygen atoms in total. The Morgan fingerprint density at radius 2 is 1.67 bits per heavy atom. The Hall–Kier alpha value is -2.58. The molecule has 1 heterocycles. The third-order valence-corrected chi connectivity index (χ3v) is 4.40. The fraction of sp³-hybridized carbons (Fsp3) is 0.500. The number of carbonyl (C=O) groups excluding carboxylic acids is 2. The van der Waals surface area contributed by atoms with Gasteiger partial charge in [-0.25, -0.2) is 0 Å². The van der Waals surface area contributed by atoms with Crippen molar-refractivity contribution in [2.75, 3.05) is 26.2 Å². The molecule has 1 fully saturated rings. The van der Waals surface area contributed by atoms with Crippen molar-refractivity contribution in [1.82, 2.24) is 9.80 Å². The number of amides is 2. The molecule has 1 N–H and O–H groups in total. The zero-order valence-corrected chi connectivity index (χ0v) is 14.8. The monoisotopic (exact) mass is 386 g/mol. The summed E-state index contributed by atoms with van der Waals surface area (Å²) < 4.78 is 38.4. The minimum atomic E-state index is -4.52. The van der Waals surface area contributed by atoms with Crippen LogP contribution < -0.4 is 0 Å². The van der Waals surface area contributed by atoms with Gasteiger partial charge in [-0.15, -0.1) is 0 Å². The highest BCUT2D eigenvalue weighted by Crippen LogP contribution is 2.29. The van der Waals surface area contributed by atoms with E-state index in [4.69, 9.17) is 5.11 Å². The van der Waals surface area contributed by atoms with Gasteiger partial charge >= 0.3 is 12.1 Å². The zero-order chi connectivity index (χ0) is 20.2. The van der Waals surface area contributed by atoms with Crippen LogP contribution in [0, 0.1) is 5.92 Å². The van der Waals surface area contributed by atoms with Gasteiger partial charge in [-0.05, 0) is 24.1 Å². The molecule has 1 unspecified atom stereocenters. The average Bonchev–Trinajstić information content (AvgIpc) is 2.60. The number of piperazine rings is 1. The van der Waals surface area contributed by atoms with Crippen LogP contribution in [0.15, 0.2) is 24.3 Å². The molecule has 0 saturated carbocycles. The number of nitrogens with zero attached hydrogens (tertiary/aromatic N) is 2. The second-order valence-corrected chi connectivity index (χ2v) is 6.66. The van der Waals surface area contributed by atoms with Crippen LogP contribution in [0.25, 0.3) is 0 Å². The third kappa shape index (κ3) is 5.70. The lowest BCUT2D eigenvalue weighted by atomic mass is 10.0. The van der Waals surface area contributed by atoms with Crippen molar-refractivity contribution in [3.05, 3.63) is 35.4 Å². The fourth-order valence-corrected chi connectivity index (χ4v) is 2.97. The number of aliphatic carboxylic acids is 1. The molecule has 0 aliphatic carbocycles. The largest absolute Gasteiger partial charge is 0.481 e. The maximum atomic E-state index is 12.8. The van der Waals surface area contributed by atoms with Gasteiger partial charge in [0.25, 0.3) is 5.91 Å². The Labute approximate surface area is 154 Å². The molecule has 1 aliphatic heterocycles. The van der Waals surface area contributed by atoms with Gasteiger partial charge in [0.05, 0.1) is 5.56 Å². The van der Waals surface area contributed by atoms with E-state index in [1.807, 2.05) is 0 Å². The first-order valence-electron chi connectivity index (χ1n) is 8.54. The van der Waals surface area contributed by atoms with Crippen molar-refractivity contribution in [3.63, 3.8) is 0 Å². The normalized spacial score (nSPS) is 16.1. The fourth-order valence-electron chi connectivity index (χ4n) is 2.97. The van der Waals surface area contributed by atoms with Crippen molar-refractivity contribution in [1.29, 1.82) is 0 Å². The molecule has 0 bridgehead atoms. The molecule has 0 radical (unpaired) electrons. The summed E-state index contributed by atoms with van der Waals surface area (Å²) in [4.78, 5) is 38.3. The maximum absolute atomic E-state index is 12.8. The van der Waals surface area contributed by atoms with Crippen LogP contribution in [0.5, 0.6) is 0 Å². The van der Waals surface area contributed by atoms with E-state index in [9.17, 15) is 27.6 Å². The summed E-state index contributed by atoms with van der Waals surface area (Å²) >= 11 is 0. The van der Waals surface area contributed by atoms with Gasteiger partial charge in [-0.3, -0.25) is 14.4 Å². The van der Waals surface area contributed by atoms with Crippen molar-refractivity contribution >= 4 is 17.8 Å². The van der Waals surface area contributed by atoms with Gasteiger partial charge in [0.15, 0.2) is 0 Å². The highest BCUT2D eigenvalue weighted by atomic mass is 19.4. The number of carboxylic acids is 1. The Balaban J connectivity index is 1.92. The van der Waals surface area contributed by atoms with E-state index in [0.29, 0.717) is 0 Å². The van der Waals surface area contributed by atoms with E-state index in [0.717, 1.165) is 12.1 Å². The molecule has 1 saturated heterocycles. The number of carboxylic acid groups (broad SMARTS) is 1. The number of alkyl halides is 3. The quantitative estimate of drug-likeness (QED) is 0.844. The van der Waals surface area contributed by atoms with Crippen LogP contribution in [0.2, 0.25) is 0 Å². The van der Waals surface area contributed by atoms with Gasteiger partial charge in [0, 0.05) is 44.6 Å². The summed E-state index contributed by atoms with van der Waals surface area (Å²) in [6.07, 6.45) is -4.51. The Morgan fingerprint density at radius 1 is 1.07 bits per heavy atom. The average molecular weight is 386 g/mol. The van der Waals surface area contributed by atoms with E-state index >= 15 is 0 Å². The van der Waals surface area contributed by atoms with Crippen LogP contribution in [0.1, 0.15) is 35.7 Å². The van der Waals surface area contributed by atoms with Crippen molar-refractivity contribution in [3.8, 4) is 0 Å². The number of hydrogen-bond donors (Lipinski definition) is 1. The van der Waals surface area contributed by atoms with Crippen LogP contribution in [0.4, 0.5) is 13.2 Å². The SMILES string of the molecule is CC(CC(=O)O)CC(=O)N1CCN(C(=O)c2cccc(C(F)(F)F)c2)CC1. The lowest BCUT2D eigenvalue weighted by Gasteiger charge is -2.35. The van der Waals surface area contributed by atoms with Crippen LogP contribution in [0.3, 0.4) is 0 Å². The van der Waals surface area contributed by atoms with Gasteiger partial charge in [-0.1, -0.05) is 13.0 Å². The number of carbonyl (C=O) groups is 3. The first kappa shape index (κ1) is 20.7. The molecule has 1 aliphatic rings. The molecule has 148 valence electrons. The topological polar surface area (TPSA) is 77.9 Å². The molecular weight excluding hydrogens is 365 g/mol.